The Morgan fingerprint density at radius 2 is 1.97 bits per heavy atom. The van der Waals surface area contributed by atoms with E-state index in [1.54, 1.807) is 12.3 Å². The van der Waals surface area contributed by atoms with Crippen molar-refractivity contribution >= 4 is 40.6 Å². The van der Waals surface area contributed by atoms with E-state index in [1.165, 1.54) is 6.07 Å². The number of amides is 2. The van der Waals surface area contributed by atoms with E-state index >= 15 is 0 Å². The molecule has 1 aliphatic heterocycles. The number of fused-ring (bicyclic) bond motifs is 1. The van der Waals surface area contributed by atoms with E-state index in [1.807, 2.05) is 37.3 Å². The van der Waals surface area contributed by atoms with Gasteiger partial charge in [0.1, 0.15) is 5.82 Å². The molecule has 2 amide bonds. The summed E-state index contributed by atoms with van der Waals surface area (Å²) >= 11 is 0. The van der Waals surface area contributed by atoms with Gasteiger partial charge in [-0.15, -0.1) is 12.4 Å². The molecule has 4 rings (SSSR count). The van der Waals surface area contributed by atoms with Crippen LogP contribution in [0.2, 0.25) is 0 Å². The van der Waals surface area contributed by atoms with Crippen LogP contribution >= 0.6 is 12.4 Å². The van der Waals surface area contributed by atoms with Gasteiger partial charge in [-0.3, -0.25) is 4.98 Å². The number of nitrogens with zero attached hydrogens (tertiary/aromatic N) is 2. The first-order valence-electron chi connectivity index (χ1n) is 9.54. The largest absolute Gasteiger partial charge is 0.369 e. The number of rotatable bonds is 4. The number of benzene rings is 2. The van der Waals surface area contributed by atoms with Gasteiger partial charge in [-0.05, 0) is 49.6 Å². The normalized spacial score (nSPS) is 13.2. The molecule has 2 heterocycles. The fourth-order valence-corrected chi connectivity index (χ4v) is 3.61. The van der Waals surface area contributed by atoms with Crippen LogP contribution in [-0.4, -0.2) is 24.1 Å². The third-order valence-electron chi connectivity index (χ3n) is 5.06. The van der Waals surface area contributed by atoms with E-state index < -0.39 is 0 Å². The van der Waals surface area contributed by atoms with Crippen molar-refractivity contribution in [3.8, 4) is 0 Å². The summed E-state index contributed by atoms with van der Waals surface area (Å²) in [6, 6.07) is 12.5. The number of pyridine rings is 1. The van der Waals surface area contributed by atoms with Gasteiger partial charge in [-0.25, -0.2) is 9.18 Å². The quantitative estimate of drug-likeness (QED) is 0.629. The van der Waals surface area contributed by atoms with Crippen LogP contribution in [0.25, 0.3) is 10.8 Å². The second-order valence-electron chi connectivity index (χ2n) is 7.14. The molecule has 0 saturated carbocycles. The molecule has 1 fully saturated rings. The van der Waals surface area contributed by atoms with Crippen LogP contribution in [0.4, 0.5) is 20.6 Å². The maximum absolute atomic E-state index is 14.4. The Balaban J connectivity index is 0.00000240. The van der Waals surface area contributed by atoms with Gasteiger partial charge in [0, 0.05) is 42.3 Å². The molecule has 0 bridgehead atoms. The highest BCUT2D eigenvalue weighted by molar-refractivity contribution is 6.01. The van der Waals surface area contributed by atoms with Gasteiger partial charge in [0.2, 0.25) is 0 Å². The van der Waals surface area contributed by atoms with E-state index in [-0.39, 0.29) is 30.8 Å². The van der Waals surface area contributed by atoms with Crippen LogP contribution in [0.3, 0.4) is 0 Å². The zero-order valence-electron chi connectivity index (χ0n) is 16.2. The van der Waals surface area contributed by atoms with Crippen LogP contribution < -0.4 is 15.5 Å². The lowest BCUT2D eigenvalue weighted by atomic mass is 10.1. The molecule has 1 aromatic heterocycles. The second-order valence-corrected chi connectivity index (χ2v) is 7.14. The van der Waals surface area contributed by atoms with Crippen molar-refractivity contribution in [2.45, 2.75) is 26.3 Å². The number of anilines is 2. The predicted molar refractivity (Wildman–Crippen MR) is 117 cm³/mol. The Morgan fingerprint density at radius 1 is 1.17 bits per heavy atom. The average molecular weight is 415 g/mol. The lowest BCUT2D eigenvalue weighted by Gasteiger charge is -2.19. The lowest BCUT2D eigenvalue weighted by Crippen LogP contribution is -2.28. The van der Waals surface area contributed by atoms with Crippen LogP contribution in [0.15, 0.2) is 48.7 Å². The number of carbonyl (C=O) groups excluding carboxylic acids is 1. The van der Waals surface area contributed by atoms with Gasteiger partial charge in [-0.1, -0.05) is 18.2 Å². The Hall–Kier alpha value is -2.86. The summed E-state index contributed by atoms with van der Waals surface area (Å²) in [5.74, 6) is -0.237. The molecule has 1 aliphatic rings. The molecule has 0 spiro atoms. The molecule has 0 unspecified atom stereocenters. The van der Waals surface area contributed by atoms with Gasteiger partial charge in [0.25, 0.3) is 0 Å². The number of urea groups is 1. The SMILES string of the molecule is Cc1cc2c(NC(=O)NCc3ccc(N4CCCC4)c(F)c3)cccc2cn1.Cl. The number of halogens is 2. The smallest absolute Gasteiger partial charge is 0.319 e. The molecule has 0 radical (unpaired) electrons. The van der Waals surface area contributed by atoms with Crippen molar-refractivity contribution in [1.29, 1.82) is 0 Å². The molecule has 0 atom stereocenters. The average Bonchev–Trinajstić information content (AvgIpc) is 3.21. The number of carbonyl (C=O) groups is 1. The molecule has 5 nitrogen and oxygen atoms in total. The van der Waals surface area contributed by atoms with Crippen molar-refractivity contribution in [3.63, 3.8) is 0 Å². The highest BCUT2D eigenvalue weighted by Crippen LogP contribution is 2.25. The number of hydrogen-bond donors (Lipinski definition) is 2. The number of hydrogen-bond acceptors (Lipinski definition) is 3. The Labute approximate surface area is 175 Å². The maximum atomic E-state index is 14.4. The van der Waals surface area contributed by atoms with Crippen molar-refractivity contribution < 1.29 is 9.18 Å². The first kappa shape index (κ1) is 20.9. The number of aryl methyl sites for hydroxylation is 1. The first-order valence-corrected chi connectivity index (χ1v) is 9.54. The van der Waals surface area contributed by atoms with Gasteiger partial charge >= 0.3 is 6.03 Å². The van der Waals surface area contributed by atoms with Gasteiger partial charge in [-0.2, -0.15) is 0 Å². The summed E-state index contributed by atoms with van der Waals surface area (Å²) in [4.78, 5) is 18.7. The third kappa shape index (κ3) is 4.77. The summed E-state index contributed by atoms with van der Waals surface area (Å²) in [7, 11) is 0. The predicted octanol–water partition coefficient (Wildman–Crippen LogP) is 5.03. The van der Waals surface area contributed by atoms with Crippen molar-refractivity contribution in [2.75, 3.05) is 23.3 Å². The molecule has 2 N–H and O–H groups in total. The standard InChI is InChI=1S/C22H23FN4O.ClH/c1-15-11-18-17(14-24-15)5-4-6-20(18)26-22(28)25-13-16-7-8-21(19(23)12-16)27-9-2-3-10-27;/h4-8,11-12,14H,2-3,9-10,13H2,1H3,(H2,25,26,28);1H. The van der Waals surface area contributed by atoms with E-state index in [9.17, 15) is 9.18 Å². The molecule has 1 saturated heterocycles. The van der Waals surface area contributed by atoms with E-state index in [4.69, 9.17) is 0 Å². The summed E-state index contributed by atoms with van der Waals surface area (Å²) in [5, 5.41) is 7.57. The zero-order chi connectivity index (χ0) is 19.5. The van der Waals surface area contributed by atoms with Gasteiger partial charge < -0.3 is 15.5 Å². The summed E-state index contributed by atoms with van der Waals surface area (Å²) in [5.41, 5.74) is 2.98. The Morgan fingerprint density at radius 3 is 2.72 bits per heavy atom. The fourth-order valence-electron chi connectivity index (χ4n) is 3.61. The molecular weight excluding hydrogens is 391 g/mol. The molecule has 29 heavy (non-hydrogen) atoms. The van der Waals surface area contributed by atoms with Gasteiger partial charge in [0.05, 0.1) is 11.4 Å². The zero-order valence-corrected chi connectivity index (χ0v) is 17.1. The van der Waals surface area contributed by atoms with E-state index in [0.717, 1.165) is 53.6 Å². The highest BCUT2D eigenvalue weighted by atomic mass is 35.5. The first-order chi connectivity index (χ1) is 13.6. The maximum Gasteiger partial charge on any atom is 0.319 e. The molecule has 7 heteroatoms. The summed E-state index contributed by atoms with van der Waals surface area (Å²) in [6.45, 7) is 3.97. The minimum atomic E-state index is -0.328. The summed E-state index contributed by atoms with van der Waals surface area (Å²) in [6.07, 6.45) is 4.00. The Kier molecular flexibility index (Phi) is 6.54. The Bertz CT molecular complexity index is 1020. The third-order valence-corrected chi connectivity index (χ3v) is 5.06. The van der Waals surface area contributed by atoms with E-state index in [2.05, 4.69) is 20.5 Å². The molecule has 2 aromatic carbocycles. The van der Waals surface area contributed by atoms with Crippen LogP contribution in [0, 0.1) is 12.7 Å². The van der Waals surface area contributed by atoms with E-state index in [0.29, 0.717) is 5.69 Å². The van der Waals surface area contributed by atoms with Crippen molar-refractivity contribution in [2.24, 2.45) is 0 Å². The number of aromatic nitrogens is 1. The number of nitrogens with one attached hydrogen (secondary N) is 2. The fraction of sp³-hybridized carbons (Fsp3) is 0.273. The molecule has 152 valence electrons. The summed E-state index contributed by atoms with van der Waals surface area (Å²) < 4.78 is 14.4. The molecule has 3 aromatic rings. The van der Waals surface area contributed by atoms with Crippen molar-refractivity contribution in [3.05, 3.63) is 65.7 Å². The molecule has 0 aliphatic carbocycles. The van der Waals surface area contributed by atoms with Crippen molar-refractivity contribution in [1.82, 2.24) is 10.3 Å². The lowest BCUT2D eigenvalue weighted by molar-refractivity contribution is 0.251. The van der Waals surface area contributed by atoms with Gasteiger partial charge in [0.15, 0.2) is 0 Å². The van der Waals surface area contributed by atoms with Crippen LogP contribution in [0.5, 0.6) is 0 Å². The highest BCUT2D eigenvalue weighted by Gasteiger charge is 2.16. The van der Waals surface area contributed by atoms with Crippen LogP contribution in [-0.2, 0) is 6.54 Å². The minimum absolute atomic E-state index is 0. The topological polar surface area (TPSA) is 57.3 Å². The monoisotopic (exact) mass is 414 g/mol. The second kappa shape index (κ2) is 9.09. The minimum Gasteiger partial charge on any atom is -0.369 e. The van der Waals surface area contributed by atoms with Crippen LogP contribution in [0.1, 0.15) is 24.1 Å². The molecular formula is C22H24ClFN4O.